The van der Waals surface area contributed by atoms with E-state index < -0.39 is 0 Å². The van der Waals surface area contributed by atoms with Crippen molar-refractivity contribution >= 4 is 0 Å². The highest BCUT2D eigenvalue weighted by Gasteiger charge is 2.33. The lowest BCUT2D eigenvalue weighted by Crippen LogP contribution is -2.47. The number of nitrogens with zero attached hydrogens (tertiary/aromatic N) is 1. The SMILES string of the molecule is CC(C)(C)C(CN)N1CCC(CCO)C1. The van der Waals surface area contributed by atoms with Gasteiger partial charge in [0.1, 0.15) is 0 Å². The maximum absolute atomic E-state index is 8.93. The van der Waals surface area contributed by atoms with Gasteiger partial charge in [-0.25, -0.2) is 0 Å². The minimum Gasteiger partial charge on any atom is -0.396 e. The van der Waals surface area contributed by atoms with Gasteiger partial charge in [-0.1, -0.05) is 20.8 Å². The minimum atomic E-state index is 0.253. The zero-order valence-corrected chi connectivity index (χ0v) is 10.4. The molecule has 0 amide bonds. The normalized spacial score (nSPS) is 25.8. The summed E-state index contributed by atoms with van der Waals surface area (Å²) in [5.41, 5.74) is 6.12. The summed E-state index contributed by atoms with van der Waals surface area (Å²) in [4.78, 5) is 2.50. The molecule has 0 aromatic carbocycles. The summed E-state index contributed by atoms with van der Waals surface area (Å²) in [5.74, 6) is 0.673. The molecule has 0 aliphatic carbocycles. The molecule has 2 atom stereocenters. The van der Waals surface area contributed by atoms with E-state index in [1.54, 1.807) is 0 Å². The van der Waals surface area contributed by atoms with Gasteiger partial charge >= 0.3 is 0 Å². The smallest absolute Gasteiger partial charge is 0.0434 e. The van der Waals surface area contributed by atoms with Crippen LogP contribution in [0.2, 0.25) is 0 Å². The van der Waals surface area contributed by atoms with E-state index in [0.717, 1.165) is 26.1 Å². The molecular weight excluding hydrogens is 188 g/mol. The van der Waals surface area contributed by atoms with Crippen LogP contribution >= 0.6 is 0 Å². The molecule has 0 bridgehead atoms. The highest BCUT2D eigenvalue weighted by atomic mass is 16.3. The summed E-state index contributed by atoms with van der Waals surface area (Å²) in [7, 11) is 0. The van der Waals surface area contributed by atoms with Crippen molar-refractivity contribution in [3.8, 4) is 0 Å². The molecule has 0 aromatic rings. The van der Waals surface area contributed by atoms with Gasteiger partial charge < -0.3 is 10.8 Å². The van der Waals surface area contributed by atoms with Crippen molar-refractivity contribution in [1.29, 1.82) is 0 Å². The highest BCUT2D eigenvalue weighted by molar-refractivity contribution is 4.88. The second-order valence-electron chi connectivity index (χ2n) is 5.78. The summed E-state index contributed by atoms with van der Waals surface area (Å²) < 4.78 is 0. The van der Waals surface area contributed by atoms with Crippen molar-refractivity contribution in [1.82, 2.24) is 4.90 Å². The van der Waals surface area contributed by atoms with Crippen molar-refractivity contribution in [3.05, 3.63) is 0 Å². The van der Waals surface area contributed by atoms with Crippen LogP contribution in [0.1, 0.15) is 33.6 Å². The van der Waals surface area contributed by atoms with Gasteiger partial charge in [0.25, 0.3) is 0 Å². The first-order valence-corrected chi connectivity index (χ1v) is 6.04. The monoisotopic (exact) mass is 214 g/mol. The first kappa shape index (κ1) is 12.9. The Morgan fingerprint density at radius 3 is 2.60 bits per heavy atom. The molecule has 1 fully saturated rings. The molecule has 3 N–H and O–H groups in total. The standard InChI is InChI=1S/C12H26N2O/c1-12(2,3)11(8-13)14-6-4-10(9-14)5-7-15/h10-11,15H,4-9,13H2,1-3H3. The molecule has 2 unspecified atom stereocenters. The maximum atomic E-state index is 8.93. The van der Waals surface area contributed by atoms with E-state index in [1.807, 2.05) is 0 Å². The zero-order valence-electron chi connectivity index (χ0n) is 10.4. The molecule has 1 aliphatic heterocycles. The number of rotatable bonds is 4. The molecular formula is C12H26N2O. The van der Waals surface area contributed by atoms with Crippen molar-refractivity contribution in [2.75, 3.05) is 26.2 Å². The number of likely N-dealkylation sites (tertiary alicyclic amines) is 1. The lowest BCUT2D eigenvalue weighted by atomic mass is 9.86. The third-order valence-electron chi connectivity index (χ3n) is 3.52. The Hall–Kier alpha value is -0.120. The Bertz CT molecular complexity index is 189. The Morgan fingerprint density at radius 2 is 2.13 bits per heavy atom. The van der Waals surface area contributed by atoms with Crippen LogP contribution in [-0.4, -0.2) is 42.3 Å². The van der Waals surface area contributed by atoms with Gasteiger partial charge in [-0.3, -0.25) is 4.90 Å². The first-order chi connectivity index (χ1) is 6.99. The topological polar surface area (TPSA) is 49.5 Å². The van der Waals surface area contributed by atoms with Gasteiger partial charge in [0.2, 0.25) is 0 Å². The van der Waals surface area contributed by atoms with E-state index in [-0.39, 0.29) is 5.41 Å². The largest absolute Gasteiger partial charge is 0.396 e. The van der Waals surface area contributed by atoms with Crippen LogP contribution in [-0.2, 0) is 0 Å². The quantitative estimate of drug-likeness (QED) is 0.736. The molecule has 1 saturated heterocycles. The van der Waals surface area contributed by atoms with Crippen LogP contribution in [0, 0.1) is 11.3 Å². The van der Waals surface area contributed by atoms with E-state index in [1.165, 1.54) is 6.42 Å². The van der Waals surface area contributed by atoms with E-state index in [9.17, 15) is 0 Å². The number of aliphatic hydroxyl groups is 1. The fourth-order valence-electron chi connectivity index (χ4n) is 2.61. The maximum Gasteiger partial charge on any atom is 0.0434 e. The number of nitrogens with two attached hydrogens (primary N) is 1. The third-order valence-corrected chi connectivity index (χ3v) is 3.52. The van der Waals surface area contributed by atoms with Crippen LogP contribution in [0.25, 0.3) is 0 Å². The van der Waals surface area contributed by atoms with E-state index in [2.05, 4.69) is 25.7 Å². The predicted molar refractivity (Wildman–Crippen MR) is 63.7 cm³/mol. The van der Waals surface area contributed by atoms with Gasteiger partial charge in [-0.05, 0) is 30.7 Å². The van der Waals surface area contributed by atoms with Crippen molar-refractivity contribution < 1.29 is 5.11 Å². The Morgan fingerprint density at radius 1 is 1.47 bits per heavy atom. The molecule has 90 valence electrons. The molecule has 1 heterocycles. The molecule has 15 heavy (non-hydrogen) atoms. The molecule has 0 saturated carbocycles. The average Bonchev–Trinajstić information content (AvgIpc) is 2.52. The first-order valence-electron chi connectivity index (χ1n) is 6.04. The van der Waals surface area contributed by atoms with Crippen LogP contribution in [0.3, 0.4) is 0 Å². The van der Waals surface area contributed by atoms with Gasteiger partial charge in [0, 0.05) is 25.7 Å². The molecule has 0 radical (unpaired) electrons. The summed E-state index contributed by atoms with van der Waals surface area (Å²) in [6.45, 7) is 10.1. The van der Waals surface area contributed by atoms with Crippen LogP contribution in [0.4, 0.5) is 0 Å². The van der Waals surface area contributed by atoms with Gasteiger partial charge in [0.05, 0.1) is 0 Å². The summed E-state index contributed by atoms with van der Waals surface area (Å²) in [6, 6.07) is 0.473. The van der Waals surface area contributed by atoms with Crippen molar-refractivity contribution in [2.24, 2.45) is 17.1 Å². The fourth-order valence-corrected chi connectivity index (χ4v) is 2.61. The summed E-state index contributed by atoms with van der Waals surface area (Å²) in [5, 5.41) is 8.93. The Labute approximate surface area is 93.6 Å². The minimum absolute atomic E-state index is 0.253. The molecule has 0 aromatic heterocycles. The number of aliphatic hydroxyl groups excluding tert-OH is 1. The average molecular weight is 214 g/mol. The second kappa shape index (κ2) is 5.28. The second-order valence-corrected chi connectivity index (χ2v) is 5.78. The Kier molecular flexibility index (Phi) is 4.56. The van der Waals surface area contributed by atoms with Crippen molar-refractivity contribution in [3.63, 3.8) is 0 Å². The van der Waals surface area contributed by atoms with Gasteiger partial charge in [-0.15, -0.1) is 0 Å². The molecule has 1 aliphatic rings. The summed E-state index contributed by atoms with van der Waals surface area (Å²) >= 11 is 0. The van der Waals surface area contributed by atoms with Crippen molar-refractivity contribution in [2.45, 2.75) is 39.7 Å². The molecule has 1 rings (SSSR count). The van der Waals surface area contributed by atoms with Gasteiger partial charge in [-0.2, -0.15) is 0 Å². The van der Waals surface area contributed by atoms with Crippen LogP contribution in [0.5, 0.6) is 0 Å². The zero-order chi connectivity index (χ0) is 11.5. The van der Waals surface area contributed by atoms with E-state index in [0.29, 0.717) is 18.6 Å². The fraction of sp³-hybridized carbons (Fsp3) is 1.00. The predicted octanol–water partition coefficient (Wildman–Crippen LogP) is 1.06. The lowest BCUT2D eigenvalue weighted by Gasteiger charge is -2.37. The van der Waals surface area contributed by atoms with E-state index >= 15 is 0 Å². The number of hydrogen-bond acceptors (Lipinski definition) is 3. The third kappa shape index (κ3) is 3.44. The Balaban J connectivity index is 2.50. The highest BCUT2D eigenvalue weighted by Crippen LogP contribution is 2.29. The van der Waals surface area contributed by atoms with Crippen LogP contribution < -0.4 is 5.73 Å². The summed E-state index contributed by atoms with van der Waals surface area (Å²) in [6.07, 6.45) is 2.16. The molecule has 3 heteroatoms. The van der Waals surface area contributed by atoms with Gasteiger partial charge in [0.15, 0.2) is 0 Å². The lowest BCUT2D eigenvalue weighted by molar-refractivity contribution is 0.124. The van der Waals surface area contributed by atoms with E-state index in [4.69, 9.17) is 10.8 Å². The molecule has 0 spiro atoms. The molecule has 3 nitrogen and oxygen atoms in total. The van der Waals surface area contributed by atoms with Crippen LogP contribution in [0.15, 0.2) is 0 Å². The number of hydrogen-bond donors (Lipinski definition) is 2.